The summed E-state index contributed by atoms with van der Waals surface area (Å²) in [6.07, 6.45) is 2.75. The van der Waals surface area contributed by atoms with E-state index in [4.69, 9.17) is 4.74 Å². The Balaban J connectivity index is 2.51. The molecule has 0 saturated carbocycles. The number of hydrogen-bond acceptors (Lipinski definition) is 4. The number of anilines is 1. The highest BCUT2D eigenvalue weighted by molar-refractivity contribution is 7.92. The van der Waals surface area contributed by atoms with Crippen LogP contribution >= 0.6 is 0 Å². The molecule has 0 bridgehead atoms. The van der Waals surface area contributed by atoms with Gasteiger partial charge in [-0.2, -0.15) is 0 Å². The van der Waals surface area contributed by atoms with Crippen molar-refractivity contribution in [2.45, 2.75) is 0 Å². The summed E-state index contributed by atoms with van der Waals surface area (Å²) in [4.78, 5) is 3.95. The second-order valence-corrected chi connectivity index (χ2v) is 4.92. The van der Waals surface area contributed by atoms with E-state index in [9.17, 15) is 8.42 Å². The maximum absolute atomic E-state index is 11.4. The molecule has 5 nitrogen and oxygen atoms in total. The van der Waals surface area contributed by atoms with E-state index in [-0.39, 0.29) is 0 Å². The second-order valence-electron chi connectivity index (χ2n) is 3.01. The summed E-state index contributed by atoms with van der Waals surface area (Å²) in [5.41, 5.74) is 0.515. The SMILES string of the molecule is CS(=O)(=O)N1CCOc2ncccc21. The van der Waals surface area contributed by atoms with Crippen LogP contribution in [0, 0.1) is 0 Å². The van der Waals surface area contributed by atoms with Gasteiger partial charge in [0.2, 0.25) is 15.9 Å². The number of nitrogens with zero attached hydrogens (tertiary/aromatic N) is 2. The Bertz CT molecular complexity index is 444. The zero-order valence-corrected chi connectivity index (χ0v) is 8.49. The lowest BCUT2D eigenvalue weighted by atomic mass is 10.3. The van der Waals surface area contributed by atoms with Crippen LogP contribution < -0.4 is 9.04 Å². The number of pyridine rings is 1. The van der Waals surface area contributed by atoms with Crippen molar-refractivity contribution in [1.82, 2.24) is 4.98 Å². The van der Waals surface area contributed by atoms with Crippen LogP contribution in [0.1, 0.15) is 0 Å². The fourth-order valence-corrected chi connectivity index (χ4v) is 2.28. The van der Waals surface area contributed by atoms with Gasteiger partial charge in [0.05, 0.1) is 12.8 Å². The van der Waals surface area contributed by atoms with Gasteiger partial charge in [-0.1, -0.05) is 0 Å². The first-order chi connectivity index (χ1) is 6.59. The first-order valence-corrected chi connectivity index (χ1v) is 5.99. The van der Waals surface area contributed by atoms with E-state index < -0.39 is 10.0 Å². The van der Waals surface area contributed by atoms with Crippen LogP contribution in [0.2, 0.25) is 0 Å². The minimum absolute atomic E-state index is 0.344. The van der Waals surface area contributed by atoms with E-state index >= 15 is 0 Å². The van der Waals surface area contributed by atoms with E-state index in [0.29, 0.717) is 24.7 Å². The zero-order valence-electron chi connectivity index (χ0n) is 7.67. The van der Waals surface area contributed by atoms with Gasteiger partial charge in [-0.25, -0.2) is 13.4 Å². The first kappa shape index (κ1) is 9.26. The highest BCUT2D eigenvalue weighted by Crippen LogP contribution is 2.29. The molecule has 0 N–H and O–H groups in total. The Morgan fingerprint density at radius 2 is 2.36 bits per heavy atom. The second kappa shape index (κ2) is 3.13. The van der Waals surface area contributed by atoms with Crippen molar-refractivity contribution in [3.8, 4) is 5.88 Å². The van der Waals surface area contributed by atoms with Crippen LogP contribution in [0.15, 0.2) is 18.3 Å². The summed E-state index contributed by atoms with van der Waals surface area (Å²) < 4.78 is 29.3. The van der Waals surface area contributed by atoms with Gasteiger partial charge in [-0.05, 0) is 12.1 Å². The molecular weight excluding hydrogens is 204 g/mol. The van der Waals surface area contributed by atoms with E-state index in [1.54, 1.807) is 18.3 Å². The molecule has 1 aromatic rings. The van der Waals surface area contributed by atoms with Crippen molar-refractivity contribution >= 4 is 15.7 Å². The minimum atomic E-state index is -3.23. The van der Waals surface area contributed by atoms with Crippen LogP contribution in [-0.2, 0) is 10.0 Å². The zero-order chi connectivity index (χ0) is 10.2. The molecular formula is C8H10N2O3S. The fourth-order valence-electron chi connectivity index (χ4n) is 1.37. The van der Waals surface area contributed by atoms with Gasteiger partial charge in [-0.15, -0.1) is 0 Å². The lowest BCUT2D eigenvalue weighted by Crippen LogP contribution is -2.37. The van der Waals surface area contributed by atoms with Gasteiger partial charge in [0, 0.05) is 6.20 Å². The lowest BCUT2D eigenvalue weighted by molar-refractivity contribution is 0.303. The largest absolute Gasteiger partial charge is 0.474 e. The summed E-state index contributed by atoms with van der Waals surface area (Å²) in [6.45, 7) is 0.689. The van der Waals surface area contributed by atoms with Crippen LogP contribution in [0.3, 0.4) is 0 Å². The molecule has 0 amide bonds. The van der Waals surface area contributed by atoms with Crippen LogP contribution in [0.4, 0.5) is 5.69 Å². The van der Waals surface area contributed by atoms with Crippen LogP contribution in [0.25, 0.3) is 0 Å². The molecule has 14 heavy (non-hydrogen) atoms. The van der Waals surface area contributed by atoms with Crippen molar-refractivity contribution in [3.05, 3.63) is 18.3 Å². The molecule has 0 fully saturated rings. The first-order valence-electron chi connectivity index (χ1n) is 4.14. The van der Waals surface area contributed by atoms with E-state index in [0.717, 1.165) is 0 Å². The highest BCUT2D eigenvalue weighted by Gasteiger charge is 2.25. The number of hydrogen-bond donors (Lipinski definition) is 0. The smallest absolute Gasteiger partial charge is 0.238 e. The molecule has 0 spiro atoms. The van der Waals surface area contributed by atoms with Gasteiger partial charge in [-0.3, -0.25) is 4.31 Å². The number of ether oxygens (including phenoxy) is 1. The Hall–Kier alpha value is -1.30. The molecule has 0 radical (unpaired) electrons. The molecule has 1 aliphatic heterocycles. The van der Waals surface area contributed by atoms with Crippen molar-refractivity contribution in [2.24, 2.45) is 0 Å². The molecule has 6 heteroatoms. The summed E-state index contributed by atoms with van der Waals surface area (Å²) >= 11 is 0. The Labute approximate surface area is 82.4 Å². The van der Waals surface area contributed by atoms with Gasteiger partial charge >= 0.3 is 0 Å². The molecule has 76 valence electrons. The molecule has 1 aromatic heterocycles. The standard InChI is InChI=1S/C8H10N2O3S/c1-14(11,12)10-5-6-13-8-7(10)3-2-4-9-8/h2-4H,5-6H2,1H3. The lowest BCUT2D eigenvalue weighted by Gasteiger charge is -2.27. The number of sulfonamides is 1. The third-order valence-corrected chi connectivity index (χ3v) is 3.13. The van der Waals surface area contributed by atoms with E-state index in [1.807, 2.05) is 0 Å². The van der Waals surface area contributed by atoms with E-state index in [2.05, 4.69) is 4.98 Å². The number of rotatable bonds is 1. The van der Waals surface area contributed by atoms with Gasteiger partial charge in [0.1, 0.15) is 12.3 Å². The number of aromatic nitrogens is 1. The average molecular weight is 214 g/mol. The normalized spacial score (nSPS) is 15.9. The Morgan fingerprint density at radius 1 is 1.57 bits per heavy atom. The molecule has 0 atom stereocenters. The van der Waals surface area contributed by atoms with Crippen molar-refractivity contribution in [3.63, 3.8) is 0 Å². The van der Waals surface area contributed by atoms with Crippen molar-refractivity contribution in [1.29, 1.82) is 0 Å². The average Bonchev–Trinajstić information content (AvgIpc) is 2.15. The number of fused-ring (bicyclic) bond motifs is 1. The maximum Gasteiger partial charge on any atom is 0.238 e. The van der Waals surface area contributed by atoms with E-state index in [1.165, 1.54) is 10.6 Å². The summed E-state index contributed by atoms with van der Waals surface area (Å²) in [5, 5.41) is 0. The highest BCUT2D eigenvalue weighted by atomic mass is 32.2. The minimum Gasteiger partial charge on any atom is -0.474 e. The molecule has 0 unspecified atom stereocenters. The molecule has 0 aliphatic carbocycles. The molecule has 1 aliphatic rings. The van der Waals surface area contributed by atoms with Crippen LogP contribution in [0.5, 0.6) is 5.88 Å². The molecule has 2 rings (SSSR count). The van der Waals surface area contributed by atoms with Gasteiger partial charge in [0.15, 0.2) is 0 Å². The quantitative estimate of drug-likeness (QED) is 0.672. The third-order valence-electron chi connectivity index (χ3n) is 1.95. The summed E-state index contributed by atoms with van der Waals surface area (Å²) in [5.74, 6) is 0.379. The Morgan fingerprint density at radius 3 is 3.07 bits per heavy atom. The fraction of sp³-hybridized carbons (Fsp3) is 0.375. The predicted octanol–water partition coefficient (Wildman–Crippen LogP) is 0.240. The van der Waals surface area contributed by atoms with Gasteiger partial charge in [0.25, 0.3) is 0 Å². The topological polar surface area (TPSA) is 59.5 Å². The Kier molecular flexibility index (Phi) is 2.07. The molecule has 0 saturated heterocycles. The summed E-state index contributed by atoms with van der Waals surface area (Å²) in [7, 11) is -3.23. The van der Waals surface area contributed by atoms with Crippen LogP contribution in [-0.4, -0.2) is 32.8 Å². The van der Waals surface area contributed by atoms with Gasteiger partial charge < -0.3 is 4.74 Å². The third kappa shape index (κ3) is 1.52. The molecule has 2 heterocycles. The maximum atomic E-state index is 11.4. The predicted molar refractivity (Wildman–Crippen MR) is 51.9 cm³/mol. The molecule has 0 aromatic carbocycles. The van der Waals surface area contributed by atoms with Crippen molar-refractivity contribution in [2.75, 3.05) is 23.7 Å². The summed E-state index contributed by atoms with van der Waals surface area (Å²) in [6, 6.07) is 3.37. The van der Waals surface area contributed by atoms with Crippen molar-refractivity contribution < 1.29 is 13.2 Å². The monoisotopic (exact) mass is 214 g/mol.